The minimum atomic E-state index is -0.708. The number of hydrogen-bond acceptors (Lipinski definition) is 2. The van der Waals surface area contributed by atoms with E-state index in [0.717, 1.165) is 18.7 Å². The highest BCUT2D eigenvalue weighted by Gasteiger charge is 2.55. The number of aliphatic carboxylic acids is 1. The van der Waals surface area contributed by atoms with Crippen LogP contribution < -0.4 is 4.90 Å². The molecule has 1 aromatic rings. The van der Waals surface area contributed by atoms with Gasteiger partial charge in [0.2, 0.25) is 0 Å². The van der Waals surface area contributed by atoms with Crippen LogP contribution in [0.25, 0.3) is 0 Å². The Morgan fingerprint density at radius 2 is 2.06 bits per heavy atom. The van der Waals surface area contributed by atoms with Crippen LogP contribution in [0.2, 0.25) is 5.02 Å². The molecule has 2 aliphatic rings. The van der Waals surface area contributed by atoms with Crippen molar-refractivity contribution in [2.75, 3.05) is 11.4 Å². The predicted molar refractivity (Wildman–Crippen MR) is 61.8 cm³/mol. The molecule has 1 aliphatic carbocycles. The fourth-order valence-electron chi connectivity index (χ4n) is 2.68. The topological polar surface area (TPSA) is 40.5 Å². The van der Waals surface area contributed by atoms with Crippen molar-refractivity contribution in [3.05, 3.63) is 29.3 Å². The van der Waals surface area contributed by atoms with Crippen LogP contribution in [0, 0.1) is 11.8 Å². The minimum absolute atomic E-state index is 0.342. The van der Waals surface area contributed by atoms with Gasteiger partial charge in [-0.15, -0.1) is 0 Å². The van der Waals surface area contributed by atoms with Crippen LogP contribution in [0.1, 0.15) is 6.42 Å². The second-order valence-electron chi connectivity index (χ2n) is 4.57. The molecule has 0 radical (unpaired) electrons. The summed E-state index contributed by atoms with van der Waals surface area (Å²) in [6, 6.07) is 7.05. The Labute approximate surface area is 98.6 Å². The zero-order chi connectivity index (χ0) is 11.3. The first kappa shape index (κ1) is 9.97. The molecule has 0 bridgehead atoms. The van der Waals surface area contributed by atoms with Crippen LogP contribution in [-0.2, 0) is 4.79 Å². The van der Waals surface area contributed by atoms with E-state index in [1.807, 2.05) is 17.0 Å². The Hall–Kier alpha value is -1.22. The number of nitrogens with zero attached hydrogens (tertiary/aromatic N) is 1. The van der Waals surface area contributed by atoms with Crippen LogP contribution >= 0.6 is 11.6 Å². The van der Waals surface area contributed by atoms with E-state index in [9.17, 15) is 9.90 Å². The van der Waals surface area contributed by atoms with Crippen LogP contribution in [0.15, 0.2) is 24.3 Å². The van der Waals surface area contributed by atoms with Gasteiger partial charge in [0, 0.05) is 17.3 Å². The first-order chi connectivity index (χ1) is 7.66. The van der Waals surface area contributed by atoms with Crippen LogP contribution in [0.4, 0.5) is 5.69 Å². The Morgan fingerprint density at radius 1 is 1.38 bits per heavy atom. The van der Waals surface area contributed by atoms with Crippen molar-refractivity contribution in [2.24, 2.45) is 11.8 Å². The highest BCUT2D eigenvalue weighted by atomic mass is 35.5. The van der Waals surface area contributed by atoms with Gasteiger partial charge in [0.1, 0.15) is 6.04 Å². The minimum Gasteiger partial charge on any atom is -0.480 e. The summed E-state index contributed by atoms with van der Waals surface area (Å²) >= 11 is 5.82. The molecule has 0 amide bonds. The molecule has 1 saturated carbocycles. The number of carbonyl (C=O) groups is 1. The summed E-state index contributed by atoms with van der Waals surface area (Å²) in [6.45, 7) is 0.864. The molecule has 84 valence electrons. The number of piperidine rings is 1. The molecule has 3 unspecified atom stereocenters. The number of benzene rings is 1. The lowest BCUT2D eigenvalue weighted by Gasteiger charge is -2.26. The number of hydrogen-bond donors (Lipinski definition) is 1. The Bertz CT molecular complexity index is 431. The van der Waals surface area contributed by atoms with E-state index in [2.05, 4.69) is 0 Å². The maximum Gasteiger partial charge on any atom is 0.326 e. The number of fused-ring (bicyclic) bond motifs is 1. The summed E-state index contributed by atoms with van der Waals surface area (Å²) in [6.07, 6.45) is 1.07. The summed E-state index contributed by atoms with van der Waals surface area (Å²) in [7, 11) is 0. The molecule has 1 heterocycles. The lowest BCUT2D eigenvalue weighted by molar-refractivity contribution is -0.138. The molecule has 3 nitrogen and oxygen atoms in total. The molecular weight excluding hydrogens is 226 g/mol. The normalized spacial score (nSPS) is 31.3. The van der Waals surface area contributed by atoms with Gasteiger partial charge in [0.25, 0.3) is 0 Å². The van der Waals surface area contributed by atoms with Gasteiger partial charge < -0.3 is 10.0 Å². The predicted octanol–water partition coefficient (Wildman–Crippen LogP) is 2.25. The van der Waals surface area contributed by atoms with Crippen molar-refractivity contribution < 1.29 is 9.90 Å². The first-order valence-electron chi connectivity index (χ1n) is 5.42. The number of anilines is 1. The van der Waals surface area contributed by atoms with Gasteiger partial charge in [-0.2, -0.15) is 0 Å². The van der Waals surface area contributed by atoms with Gasteiger partial charge in [-0.1, -0.05) is 11.6 Å². The number of rotatable bonds is 2. The molecule has 3 rings (SSSR count). The molecule has 2 fully saturated rings. The number of halogens is 1. The Balaban J connectivity index is 1.89. The third kappa shape index (κ3) is 1.47. The Morgan fingerprint density at radius 3 is 2.69 bits per heavy atom. The van der Waals surface area contributed by atoms with E-state index in [-0.39, 0.29) is 6.04 Å². The SMILES string of the molecule is O=C(O)C1C2CC2CN1c1ccc(Cl)cc1. The average Bonchev–Trinajstić information content (AvgIpc) is 2.90. The molecule has 1 aliphatic heterocycles. The molecule has 1 saturated heterocycles. The van der Waals surface area contributed by atoms with Gasteiger partial charge in [-0.3, -0.25) is 0 Å². The van der Waals surface area contributed by atoms with Crippen molar-refractivity contribution in [1.82, 2.24) is 0 Å². The fourth-order valence-corrected chi connectivity index (χ4v) is 2.81. The standard InChI is InChI=1S/C12H12ClNO2/c13-8-1-3-9(4-2-8)14-6-7-5-10(7)11(14)12(15)16/h1-4,7,10-11H,5-6H2,(H,15,16). The molecule has 0 aromatic heterocycles. The number of carboxylic acid groups (broad SMARTS) is 1. The van der Waals surface area contributed by atoms with Gasteiger partial charge in [0.05, 0.1) is 0 Å². The van der Waals surface area contributed by atoms with E-state index in [1.165, 1.54) is 0 Å². The van der Waals surface area contributed by atoms with Gasteiger partial charge in [0.15, 0.2) is 0 Å². The van der Waals surface area contributed by atoms with Crippen LogP contribution in [0.3, 0.4) is 0 Å². The average molecular weight is 238 g/mol. The van der Waals surface area contributed by atoms with E-state index in [1.54, 1.807) is 12.1 Å². The third-order valence-electron chi connectivity index (χ3n) is 3.56. The van der Waals surface area contributed by atoms with Crippen LogP contribution in [0.5, 0.6) is 0 Å². The van der Waals surface area contributed by atoms with E-state index >= 15 is 0 Å². The Kier molecular flexibility index (Phi) is 2.11. The summed E-state index contributed by atoms with van der Waals surface area (Å²) in [5.74, 6) is 0.227. The molecule has 1 aromatic carbocycles. The van der Waals surface area contributed by atoms with Crippen molar-refractivity contribution >= 4 is 23.3 Å². The first-order valence-corrected chi connectivity index (χ1v) is 5.79. The zero-order valence-electron chi connectivity index (χ0n) is 8.64. The molecule has 3 atom stereocenters. The molecule has 4 heteroatoms. The second-order valence-corrected chi connectivity index (χ2v) is 5.01. The van der Waals surface area contributed by atoms with Crippen molar-refractivity contribution in [3.63, 3.8) is 0 Å². The summed E-state index contributed by atoms with van der Waals surface area (Å²) in [5, 5.41) is 9.91. The monoisotopic (exact) mass is 237 g/mol. The van der Waals surface area contributed by atoms with Crippen molar-refractivity contribution in [1.29, 1.82) is 0 Å². The van der Waals surface area contributed by atoms with Gasteiger partial charge >= 0.3 is 5.97 Å². The molecule has 16 heavy (non-hydrogen) atoms. The maximum atomic E-state index is 11.2. The lowest BCUT2D eigenvalue weighted by atomic mass is 10.1. The van der Waals surface area contributed by atoms with E-state index in [0.29, 0.717) is 16.9 Å². The quantitative estimate of drug-likeness (QED) is 0.858. The third-order valence-corrected chi connectivity index (χ3v) is 3.81. The highest BCUT2D eigenvalue weighted by Crippen LogP contribution is 2.50. The van der Waals surface area contributed by atoms with Gasteiger partial charge in [-0.05, 0) is 42.5 Å². The lowest BCUT2D eigenvalue weighted by Crippen LogP contribution is -2.39. The van der Waals surface area contributed by atoms with E-state index in [4.69, 9.17) is 11.6 Å². The number of carboxylic acids is 1. The second kappa shape index (κ2) is 3.39. The molecular formula is C12H12ClNO2. The largest absolute Gasteiger partial charge is 0.480 e. The van der Waals surface area contributed by atoms with E-state index < -0.39 is 5.97 Å². The smallest absolute Gasteiger partial charge is 0.326 e. The zero-order valence-corrected chi connectivity index (χ0v) is 9.39. The summed E-state index contributed by atoms with van der Waals surface area (Å²) in [5.41, 5.74) is 0.962. The summed E-state index contributed by atoms with van der Waals surface area (Å²) < 4.78 is 0. The maximum absolute atomic E-state index is 11.2. The van der Waals surface area contributed by atoms with Crippen molar-refractivity contribution in [3.8, 4) is 0 Å². The van der Waals surface area contributed by atoms with Crippen LogP contribution in [-0.4, -0.2) is 23.7 Å². The summed E-state index contributed by atoms with van der Waals surface area (Å²) in [4.78, 5) is 13.2. The van der Waals surface area contributed by atoms with Gasteiger partial charge in [-0.25, -0.2) is 4.79 Å². The molecule has 0 spiro atoms. The molecule has 1 N–H and O–H groups in total. The fraction of sp³-hybridized carbons (Fsp3) is 0.417. The highest BCUT2D eigenvalue weighted by molar-refractivity contribution is 6.30. The van der Waals surface area contributed by atoms with Crippen molar-refractivity contribution in [2.45, 2.75) is 12.5 Å².